The van der Waals surface area contributed by atoms with Gasteiger partial charge in [0.15, 0.2) is 0 Å². The van der Waals surface area contributed by atoms with Gasteiger partial charge < -0.3 is 10.5 Å². The molecule has 2 saturated heterocycles. The molecule has 3 nitrogen and oxygen atoms in total. The van der Waals surface area contributed by atoms with Crippen molar-refractivity contribution < 1.29 is 4.74 Å². The Balaban J connectivity index is 2.11. The van der Waals surface area contributed by atoms with Gasteiger partial charge in [0.2, 0.25) is 0 Å². The molecule has 16 heavy (non-hydrogen) atoms. The summed E-state index contributed by atoms with van der Waals surface area (Å²) in [6, 6.07) is 0.683. The summed E-state index contributed by atoms with van der Waals surface area (Å²) >= 11 is 0. The van der Waals surface area contributed by atoms with Gasteiger partial charge in [0.25, 0.3) is 0 Å². The van der Waals surface area contributed by atoms with E-state index < -0.39 is 0 Å². The summed E-state index contributed by atoms with van der Waals surface area (Å²) in [5, 5.41) is 0. The number of hydrogen-bond acceptors (Lipinski definition) is 3. The number of rotatable bonds is 3. The fourth-order valence-corrected chi connectivity index (χ4v) is 3.40. The van der Waals surface area contributed by atoms with Crippen LogP contribution in [-0.4, -0.2) is 42.8 Å². The molecule has 0 amide bonds. The third-order valence-electron chi connectivity index (χ3n) is 4.68. The summed E-state index contributed by atoms with van der Waals surface area (Å²) in [6.45, 7) is 8.48. The molecule has 3 atom stereocenters. The van der Waals surface area contributed by atoms with Crippen LogP contribution in [0.3, 0.4) is 0 Å². The summed E-state index contributed by atoms with van der Waals surface area (Å²) in [5.74, 6) is 0.623. The Morgan fingerprint density at radius 2 is 2.19 bits per heavy atom. The van der Waals surface area contributed by atoms with E-state index in [0.29, 0.717) is 12.0 Å². The molecule has 0 aliphatic carbocycles. The van der Waals surface area contributed by atoms with E-state index in [1.54, 1.807) is 0 Å². The molecule has 2 heterocycles. The van der Waals surface area contributed by atoms with Crippen LogP contribution in [-0.2, 0) is 4.74 Å². The van der Waals surface area contributed by atoms with Crippen molar-refractivity contribution in [3.05, 3.63) is 0 Å². The predicted molar refractivity (Wildman–Crippen MR) is 66.4 cm³/mol. The van der Waals surface area contributed by atoms with Crippen LogP contribution in [0.1, 0.15) is 39.5 Å². The van der Waals surface area contributed by atoms with E-state index in [4.69, 9.17) is 10.5 Å². The molecule has 0 saturated carbocycles. The normalized spacial score (nSPS) is 36.2. The smallest absolute Gasteiger partial charge is 0.0513 e. The lowest BCUT2D eigenvalue weighted by molar-refractivity contribution is -0.00261. The first-order chi connectivity index (χ1) is 7.68. The Kier molecular flexibility index (Phi) is 3.88. The molecule has 0 spiro atoms. The molecule has 94 valence electrons. The van der Waals surface area contributed by atoms with Gasteiger partial charge in [-0.05, 0) is 39.7 Å². The first kappa shape index (κ1) is 12.3. The topological polar surface area (TPSA) is 38.5 Å². The second kappa shape index (κ2) is 5.03. The molecule has 0 bridgehead atoms. The Morgan fingerprint density at radius 3 is 2.75 bits per heavy atom. The molecule has 0 aromatic rings. The van der Waals surface area contributed by atoms with Crippen LogP contribution in [0.15, 0.2) is 0 Å². The molecule has 2 rings (SSSR count). The molecule has 2 aliphatic heterocycles. The van der Waals surface area contributed by atoms with Crippen LogP contribution in [0, 0.1) is 5.92 Å². The lowest BCUT2D eigenvalue weighted by Crippen LogP contribution is -2.61. The quantitative estimate of drug-likeness (QED) is 0.794. The molecule has 2 aliphatic rings. The third kappa shape index (κ3) is 2.13. The second-order valence-electron chi connectivity index (χ2n) is 5.66. The van der Waals surface area contributed by atoms with Gasteiger partial charge in [-0.15, -0.1) is 0 Å². The van der Waals surface area contributed by atoms with Crippen LogP contribution < -0.4 is 5.73 Å². The van der Waals surface area contributed by atoms with E-state index in [0.717, 1.165) is 19.8 Å². The lowest BCUT2D eigenvalue weighted by Gasteiger charge is -2.49. The SMILES string of the molecule is CC1CCCCN1C(C)(CN)C1CCOC1. The minimum Gasteiger partial charge on any atom is -0.381 e. The first-order valence-corrected chi connectivity index (χ1v) is 6.73. The van der Waals surface area contributed by atoms with Crippen molar-refractivity contribution in [2.45, 2.75) is 51.1 Å². The maximum atomic E-state index is 6.08. The van der Waals surface area contributed by atoms with Gasteiger partial charge in [0.1, 0.15) is 0 Å². The molecular weight excluding hydrogens is 200 g/mol. The van der Waals surface area contributed by atoms with Gasteiger partial charge in [-0.3, -0.25) is 4.90 Å². The number of piperidine rings is 1. The van der Waals surface area contributed by atoms with Crippen molar-refractivity contribution in [3.63, 3.8) is 0 Å². The fraction of sp³-hybridized carbons (Fsp3) is 1.00. The van der Waals surface area contributed by atoms with E-state index in [1.807, 2.05) is 0 Å². The fourth-order valence-electron chi connectivity index (χ4n) is 3.40. The predicted octanol–water partition coefficient (Wildman–Crippen LogP) is 1.61. The molecule has 3 heteroatoms. The van der Waals surface area contributed by atoms with Crippen LogP contribution >= 0.6 is 0 Å². The zero-order chi connectivity index (χ0) is 11.6. The summed E-state index contributed by atoms with van der Waals surface area (Å²) in [7, 11) is 0. The van der Waals surface area contributed by atoms with Crippen molar-refractivity contribution in [1.82, 2.24) is 4.90 Å². The lowest BCUT2D eigenvalue weighted by atomic mass is 9.80. The van der Waals surface area contributed by atoms with Crippen molar-refractivity contribution in [2.75, 3.05) is 26.3 Å². The third-order valence-corrected chi connectivity index (χ3v) is 4.68. The highest BCUT2D eigenvalue weighted by Gasteiger charge is 2.42. The number of likely N-dealkylation sites (tertiary alicyclic amines) is 1. The molecule has 2 N–H and O–H groups in total. The van der Waals surface area contributed by atoms with Gasteiger partial charge in [0.05, 0.1) is 6.61 Å². The van der Waals surface area contributed by atoms with Gasteiger partial charge in [-0.2, -0.15) is 0 Å². The van der Waals surface area contributed by atoms with E-state index in [-0.39, 0.29) is 5.54 Å². The van der Waals surface area contributed by atoms with Crippen LogP contribution in [0.25, 0.3) is 0 Å². The monoisotopic (exact) mass is 226 g/mol. The van der Waals surface area contributed by atoms with Crippen molar-refractivity contribution in [2.24, 2.45) is 11.7 Å². The molecule has 0 aromatic carbocycles. The Bertz CT molecular complexity index is 228. The van der Waals surface area contributed by atoms with Crippen molar-refractivity contribution in [3.8, 4) is 0 Å². The summed E-state index contributed by atoms with van der Waals surface area (Å²) in [4.78, 5) is 2.65. The van der Waals surface area contributed by atoms with E-state index in [1.165, 1.54) is 32.2 Å². The van der Waals surface area contributed by atoms with Gasteiger partial charge in [-0.25, -0.2) is 0 Å². The molecular formula is C13H26N2O. The maximum absolute atomic E-state index is 6.08. The highest BCUT2D eigenvalue weighted by molar-refractivity contribution is 4.98. The Morgan fingerprint density at radius 1 is 1.38 bits per heavy atom. The zero-order valence-corrected chi connectivity index (χ0v) is 10.7. The number of hydrogen-bond donors (Lipinski definition) is 1. The molecule has 0 aromatic heterocycles. The number of ether oxygens (including phenoxy) is 1. The maximum Gasteiger partial charge on any atom is 0.0513 e. The highest BCUT2D eigenvalue weighted by atomic mass is 16.5. The van der Waals surface area contributed by atoms with Crippen LogP contribution in [0.2, 0.25) is 0 Å². The largest absolute Gasteiger partial charge is 0.381 e. The van der Waals surface area contributed by atoms with Gasteiger partial charge in [-0.1, -0.05) is 6.42 Å². The van der Waals surface area contributed by atoms with Gasteiger partial charge in [0, 0.05) is 30.7 Å². The standard InChI is InChI=1S/C13H26N2O/c1-11-5-3-4-7-15(11)13(2,10-14)12-6-8-16-9-12/h11-12H,3-10,14H2,1-2H3. The van der Waals surface area contributed by atoms with E-state index >= 15 is 0 Å². The molecule has 2 fully saturated rings. The Hall–Kier alpha value is -0.120. The van der Waals surface area contributed by atoms with Crippen LogP contribution in [0.4, 0.5) is 0 Å². The zero-order valence-electron chi connectivity index (χ0n) is 10.7. The number of nitrogens with two attached hydrogens (primary N) is 1. The summed E-state index contributed by atoms with van der Waals surface area (Å²) in [5.41, 5.74) is 6.23. The average molecular weight is 226 g/mol. The highest BCUT2D eigenvalue weighted by Crippen LogP contribution is 2.34. The number of nitrogens with zero attached hydrogens (tertiary/aromatic N) is 1. The summed E-state index contributed by atoms with van der Waals surface area (Å²) in [6.07, 6.45) is 5.20. The van der Waals surface area contributed by atoms with E-state index in [9.17, 15) is 0 Å². The van der Waals surface area contributed by atoms with Gasteiger partial charge >= 0.3 is 0 Å². The minimum absolute atomic E-state index is 0.149. The van der Waals surface area contributed by atoms with Crippen molar-refractivity contribution >= 4 is 0 Å². The van der Waals surface area contributed by atoms with Crippen LogP contribution in [0.5, 0.6) is 0 Å². The van der Waals surface area contributed by atoms with E-state index in [2.05, 4.69) is 18.7 Å². The minimum atomic E-state index is 0.149. The van der Waals surface area contributed by atoms with Crippen molar-refractivity contribution in [1.29, 1.82) is 0 Å². The molecule has 3 unspecified atom stereocenters. The second-order valence-corrected chi connectivity index (χ2v) is 5.66. The first-order valence-electron chi connectivity index (χ1n) is 6.73. The summed E-state index contributed by atoms with van der Waals surface area (Å²) < 4.78 is 5.55. The Labute approximate surface area is 99.3 Å². The molecule has 0 radical (unpaired) electrons. The average Bonchev–Trinajstić information content (AvgIpc) is 2.82.